The molecule has 6 heteroatoms. The number of hydrogen-bond donors (Lipinski definition) is 3. The van der Waals surface area contributed by atoms with E-state index in [1.807, 2.05) is 6.92 Å². The minimum atomic E-state index is -0.214. The highest BCUT2D eigenvalue weighted by Crippen LogP contribution is 2.21. The molecule has 21 heavy (non-hydrogen) atoms. The summed E-state index contributed by atoms with van der Waals surface area (Å²) in [6.07, 6.45) is 3.01. The van der Waals surface area contributed by atoms with E-state index in [0.717, 1.165) is 25.8 Å². The maximum Gasteiger partial charge on any atom is 0.252 e. The number of benzene rings is 1. The molecule has 0 saturated carbocycles. The van der Waals surface area contributed by atoms with Crippen molar-refractivity contribution in [1.29, 1.82) is 0 Å². The van der Waals surface area contributed by atoms with Crippen molar-refractivity contribution in [3.63, 3.8) is 0 Å². The summed E-state index contributed by atoms with van der Waals surface area (Å²) < 4.78 is 0. The monoisotopic (exact) mass is 309 g/mol. The topological polar surface area (TPSA) is 70.2 Å². The van der Waals surface area contributed by atoms with Crippen LogP contribution in [-0.2, 0) is 4.79 Å². The predicted molar refractivity (Wildman–Crippen MR) is 83.7 cm³/mol. The number of rotatable bonds is 4. The summed E-state index contributed by atoms with van der Waals surface area (Å²) in [5.74, 6) is -0.272. The summed E-state index contributed by atoms with van der Waals surface area (Å²) in [5.41, 5.74) is 1.01. The first-order valence-electron chi connectivity index (χ1n) is 7.24. The molecule has 2 rings (SSSR count). The minimum Gasteiger partial charge on any atom is -0.352 e. The Kier molecular flexibility index (Phi) is 5.59. The van der Waals surface area contributed by atoms with Crippen LogP contribution < -0.4 is 16.0 Å². The number of carbonyl (C=O) groups excluding carboxylic acids is 2. The lowest BCUT2D eigenvalue weighted by Crippen LogP contribution is -2.43. The van der Waals surface area contributed by atoms with Crippen LogP contribution in [0.3, 0.4) is 0 Å². The van der Waals surface area contributed by atoms with Gasteiger partial charge in [-0.2, -0.15) is 0 Å². The molecule has 0 bridgehead atoms. The summed E-state index contributed by atoms with van der Waals surface area (Å²) in [6.45, 7) is 3.26. The van der Waals surface area contributed by atoms with E-state index in [-0.39, 0.29) is 17.9 Å². The van der Waals surface area contributed by atoms with Gasteiger partial charge in [0, 0.05) is 12.2 Å². The van der Waals surface area contributed by atoms with E-state index in [1.165, 1.54) is 0 Å². The van der Waals surface area contributed by atoms with Gasteiger partial charge in [-0.1, -0.05) is 18.0 Å². The first-order valence-corrected chi connectivity index (χ1v) is 7.61. The minimum absolute atomic E-state index is 0.0588. The van der Waals surface area contributed by atoms with Gasteiger partial charge in [0.1, 0.15) is 0 Å². The number of anilines is 1. The molecule has 1 aromatic rings. The van der Waals surface area contributed by atoms with Crippen molar-refractivity contribution < 1.29 is 9.59 Å². The van der Waals surface area contributed by atoms with Crippen molar-refractivity contribution in [1.82, 2.24) is 10.6 Å². The molecule has 5 nitrogen and oxygen atoms in total. The van der Waals surface area contributed by atoms with Gasteiger partial charge in [-0.05, 0) is 44.5 Å². The van der Waals surface area contributed by atoms with Gasteiger partial charge in [0.2, 0.25) is 5.91 Å². The normalized spacial score (nSPS) is 18.1. The number of carbonyl (C=O) groups is 2. The maximum atomic E-state index is 12.1. The molecule has 1 aliphatic rings. The Labute approximate surface area is 129 Å². The third-order valence-corrected chi connectivity index (χ3v) is 3.76. The van der Waals surface area contributed by atoms with Crippen molar-refractivity contribution in [2.45, 2.75) is 32.2 Å². The zero-order chi connectivity index (χ0) is 15.2. The van der Waals surface area contributed by atoms with Crippen molar-refractivity contribution >= 4 is 29.1 Å². The van der Waals surface area contributed by atoms with Gasteiger partial charge in [0.05, 0.1) is 16.6 Å². The van der Waals surface area contributed by atoms with Crippen LogP contribution in [0.15, 0.2) is 18.2 Å². The number of piperidine rings is 1. The Hall–Kier alpha value is -1.59. The fourth-order valence-electron chi connectivity index (χ4n) is 2.34. The summed E-state index contributed by atoms with van der Waals surface area (Å²) in [6, 6.07) is 4.77. The van der Waals surface area contributed by atoms with E-state index < -0.39 is 0 Å². The fourth-order valence-corrected chi connectivity index (χ4v) is 2.60. The van der Waals surface area contributed by atoms with E-state index in [0.29, 0.717) is 22.8 Å². The van der Waals surface area contributed by atoms with Gasteiger partial charge in [0.25, 0.3) is 5.91 Å². The van der Waals surface area contributed by atoms with Gasteiger partial charge in [0.15, 0.2) is 0 Å². The number of halogens is 1. The van der Waals surface area contributed by atoms with Crippen LogP contribution in [0.4, 0.5) is 5.69 Å². The van der Waals surface area contributed by atoms with E-state index in [2.05, 4.69) is 16.0 Å². The standard InChI is InChI=1S/C15H20ClN3O2/c1-2-17-14(20)11-7-6-10(9-12(11)16)19-15(21)13-5-3-4-8-18-13/h6-7,9,13,18H,2-5,8H2,1H3,(H,17,20)(H,19,21)/t13-/m1/s1. The maximum absolute atomic E-state index is 12.1. The smallest absolute Gasteiger partial charge is 0.252 e. The molecule has 0 radical (unpaired) electrons. The van der Waals surface area contributed by atoms with Crippen LogP contribution in [0.1, 0.15) is 36.5 Å². The number of nitrogens with one attached hydrogen (secondary N) is 3. The zero-order valence-electron chi connectivity index (χ0n) is 12.0. The molecule has 0 unspecified atom stereocenters. The van der Waals surface area contributed by atoms with E-state index >= 15 is 0 Å². The molecule has 1 fully saturated rings. The average Bonchev–Trinajstić information content (AvgIpc) is 2.48. The highest BCUT2D eigenvalue weighted by Gasteiger charge is 2.20. The molecule has 1 heterocycles. The van der Waals surface area contributed by atoms with E-state index in [9.17, 15) is 9.59 Å². The highest BCUT2D eigenvalue weighted by molar-refractivity contribution is 6.34. The van der Waals surface area contributed by atoms with E-state index in [1.54, 1.807) is 18.2 Å². The lowest BCUT2D eigenvalue weighted by molar-refractivity contribution is -0.118. The molecule has 1 aromatic carbocycles. The second kappa shape index (κ2) is 7.43. The number of amides is 2. The van der Waals surface area contributed by atoms with Gasteiger partial charge in [-0.15, -0.1) is 0 Å². The van der Waals surface area contributed by atoms with Crippen molar-refractivity contribution in [3.05, 3.63) is 28.8 Å². The summed E-state index contributed by atoms with van der Waals surface area (Å²) in [5, 5.41) is 9.05. The molecular formula is C15H20ClN3O2. The Balaban J connectivity index is 2.02. The van der Waals surface area contributed by atoms with Gasteiger partial charge < -0.3 is 16.0 Å². The number of hydrogen-bond acceptors (Lipinski definition) is 3. The summed E-state index contributed by atoms with van der Waals surface area (Å²) in [4.78, 5) is 23.9. The van der Waals surface area contributed by atoms with Crippen LogP contribution >= 0.6 is 11.6 Å². The Morgan fingerprint density at radius 3 is 2.81 bits per heavy atom. The van der Waals surface area contributed by atoms with Crippen molar-refractivity contribution in [2.24, 2.45) is 0 Å². The SMILES string of the molecule is CCNC(=O)c1ccc(NC(=O)[C@H]2CCCCN2)cc1Cl. The third kappa shape index (κ3) is 4.19. The molecule has 1 atom stereocenters. The van der Waals surface area contributed by atoms with Crippen molar-refractivity contribution in [3.8, 4) is 0 Å². The van der Waals surface area contributed by atoms with Crippen LogP contribution in [0.5, 0.6) is 0 Å². The fraction of sp³-hybridized carbons (Fsp3) is 0.467. The van der Waals surface area contributed by atoms with Gasteiger partial charge >= 0.3 is 0 Å². The largest absolute Gasteiger partial charge is 0.352 e. The molecule has 1 aliphatic heterocycles. The van der Waals surface area contributed by atoms with E-state index in [4.69, 9.17) is 11.6 Å². The van der Waals surface area contributed by atoms with Gasteiger partial charge in [-0.25, -0.2) is 0 Å². The molecule has 2 amide bonds. The molecule has 0 aromatic heterocycles. The van der Waals surface area contributed by atoms with Crippen LogP contribution in [-0.4, -0.2) is 30.9 Å². The highest BCUT2D eigenvalue weighted by atomic mass is 35.5. The lowest BCUT2D eigenvalue weighted by Gasteiger charge is -2.22. The van der Waals surface area contributed by atoms with Crippen LogP contribution in [0, 0.1) is 0 Å². The summed E-state index contributed by atoms with van der Waals surface area (Å²) >= 11 is 6.10. The molecular weight excluding hydrogens is 290 g/mol. The molecule has 114 valence electrons. The first-order chi connectivity index (χ1) is 10.1. The van der Waals surface area contributed by atoms with Gasteiger partial charge in [-0.3, -0.25) is 9.59 Å². The Morgan fingerprint density at radius 1 is 1.38 bits per heavy atom. The molecule has 0 spiro atoms. The molecule has 1 saturated heterocycles. The lowest BCUT2D eigenvalue weighted by atomic mass is 10.0. The van der Waals surface area contributed by atoms with Crippen molar-refractivity contribution in [2.75, 3.05) is 18.4 Å². The predicted octanol–water partition coefficient (Wildman–Crippen LogP) is 2.17. The second-order valence-corrected chi connectivity index (χ2v) is 5.45. The Morgan fingerprint density at radius 2 is 2.19 bits per heavy atom. The third-order valence-electron chi connectivity index (χ3n) is 3.45. The molecule has 0 aliphatic carbocycles. The average molecular weight is 310 g/mol. The second-order valence-electron chi connectivity index (χ2n) is 5.05. The molecule has 3 N–H and O–H groups in total. The van der Waals surface area contributed by atoms with Crippen LogP contribution in [0.25, 0.3) is 0 Å². The quantitative estimate of drug-likeness (QED) is 0.798. The first kappa shape index (κ1) is 15.8. The Bertz CT molecular complexity index is 528. The zero-order valence-corrected chi connectivity index (χ0v) is 12.8. The summed E-state index contributed by atoms with van der Waals surface area (Å²) in [7, 11) is 0. The van der Waals surface area contributed by atoms with Crippen LogP contribution in [0.2, 0.25) is 5.02 Å².